The molecule has 0 saturated carbocycles. The quantitative estimate of drug-likeness (QED) is 0.0710. The first-order chi connectivity index (χ1) is 38.0. The lowest BCUT2D eigenvalue weighted by Crippen LogP contribution is -2.28. The zero-order chi connectivity index (χ0) is 54.0. The fraction of sp³-hybridized carbons (Fsp3) is 0.0145. The Hall–Kier alpha value is -9.04. The molecule has 0 spiro atoms. The van der Waals surface area contributed by atoms with Gasteiger partial charge in [0.1, 0.15) is 0 Å². The Morgan fingerprint density at radius 3 is 1.57 bits per heavy atom. The zero-order valence-corrected chi connectivity index (χ0v) is 38.2. The summed E-state index contributed by atoms with van der Waals surface area (Å²) in [4.78, 5) is 1.76. The molecule has 1 aliphatic rings. The Kier molecular flexibility index (Phi) is 8.76. The molecule has 70 heavy (non-hydrogen) atoms. The van der Waals surface area contributed by atoms with E-state index >= 15 is 0 Å². The Morgan fingerprint density at radius 2 is 0.886 bits per heavy atom. The van der Waals surface area contributed by atoms with Gasteiger partial charge in [-0.05, 0) is 142 Å². The number of allylic oxidation sites excluding steroid dienone is 4. The molecule has 0 heterocycles. The predicted octanol–water partition coefficient (Wildman–Crippen LogP) is 18.4. The van der Waals surface area contributed by atoms with Crippen molar-refractivity contribution in [2.75, 3.05) is 4.90 Å². The highest BCUT2D eigenvalue weighted by Crippen LogP contribution is 2.57. The Bertz CT molecular complexity index is 4180. The molecule has 0 aromatic heterocycles. The molecule has 1 heteroatoms. The van der Waals surface area contributed by atoms with Gasteiger partial charge in [0, 0.05) is 17.1 Å². The second-order valence-corrected chi connectivity index (χ2v) is 17.4. The van der Waals surface area contributed by atoms with Crippen LogP contribution >= 0.6 is 0 Å². The maximum atomic E-state index is 10.0. The summed E-state index contributed by atoms with van der Waals surface area (Å²) in [7, 11) is 0. The van der Waals surface area contributed by atoms with E-state index in [-0.39, 0.29) is 34.5 Å². The largest absolute Gasteiger partial charge is 0.310 e. The molecule has 0 amide bonds. The van der Waals surface area contributed by atoms with Crippen LogP contribution in [0, 0.1) is 0 Å². The van der Waals surface area contributed by atoms with Gasteiger partial charge >= 0.3 is 0 Å². The minimum absolute atomic E-state index is 0.0722. The molecular weight excluding hydrogens is 843 g/mol. The minimum atomic E-state index is -0.813. The van der Waals surface area contributed by atoms with Gasteiger partial charge in [-0.2, -0.15) is 0 Å². The number of fused-ring (bicyclic) bond motifs is 6. The van der Waals surface area contributed by atoms with E-state index in [2.05, 4.69) is 67.8 Å². The predicted molar refractivity (Wildman–Crippen MR) is 298 cm³/mol. The van der Waals surface area contributed by atoms with E-state index in [1.54, 1.807) is 17.1 Å². The van der Waals surface area contributed by atoms with Gasteiger partial charge in [0.25, 0.3) is 0 Å². The first kappa shape index (κ1) is 34.3. The topological polar surface area (TPSA) is 3.24 Å². The minimum Gasteiger partial charge on any atom is -0.310 e. The standard InChI is InChI=1S/C69H49N/c1-3-59(50-21-8-5-9-22-50)60(4-2)52-24-20-29-57(45-52)70(58-43-44-65-64-33-18-19-34-67(64)69(68(65)47-58,54-25-10-6-11-26-54)55-27-12-7-13-28-55)56-41-39-49(40-42-56)48-35-37-51(38-36-48)66-46-53-23-14-15-30-61(53)62-31-16-17-32-63(62)66/h3-47H,1-2H2/b60-59-/i35D,36D,37D,38D,39D,40D,41D,42D. The van der Waals surface area contributed by atoms with Crippen LogP contribution in [0.4, 0.5) is 17.1 Å². The lowest BCUT2D eigenvalue weighted by molar-refractivity contribution is 0.768. The Morgan fingerprint density at radius 1 is 0.371 bits per heavy atom. The first-order valence-corrected chi connectivity index (χ1v) is 23.4. The average Bonchev–Trinajstić information content (AvgIpc) is 3.98. The molecule has 0 aliphatic heterocycles. The maximum absolute atomic E-state index is 10.0. The Balaban J connectivity index is 1.11. The summed E-state index contributed by atoms with van der Waals surface area (Å²) >= 11 is 0. The van der Waals surface area contributed by atoms with E-state index in [0.29, 0.717) is 16.9 Å². The van der Waals surface area contributed by atoms with Crippen molar-refractivity contribution in [3.63, 3.8) is 0 Å². The van der Waals surface area contributed by atoms with E-state index in [4.69, 9.17) is 0 Å². The fourth-order valence-electron chi connectivity index (χ4n) is 10.6. The molecule has 0 unspecified atom stereocenters. The molecule has 0 radical (unpaired) electrons. The van der Waals surface area contributed by atoms with Gasteiger partial charge in [0.2, 0.25) is 0 Å². The molecule has 0 bridgehead atoms. The van der Waals surface area contributed by atoms with Gasteiger partial charge in [0.15, 0.2) is 0 Å². The van der Waals surface area contributed by atoms with Crippen LogP contribution in [0.2, 0.25) is 0 Å². The van der Waals surface area contributed by atoms with Crippen molar-refractivity contribution in [1.82, 2.24) is 0 Å². The molecule has 12 rings (SSSR count). The van der Waals surface area contributed by atoms with E-state index in [1.807, 2.05) is 158 Å². The molecule has 0 fully saturated rings. The van der Waals surface area contributed by atoms with Crippen molar-refractivity contribution in [2.45, 2.75) is 5.41 Å². The molecule has 1 nitrogen and oxygen atoms in total. The third-order valence-electron chi connectivity index (χ3n) is 13.6. The van der Waals surface area contributed by atoms with E-state index in [0.717, 1.165) is 77.2 Å². The molecular formula is C69H49N. The second-order valence-electron chi connectivity index (χ2n) is 17.4. The average molecular weight is 900 g/mol. The normalized spacial score (nSPS) is 14.3. The number of hydrogen-bond acceptors (Lipinski definition) is 1. The lowest BCUT2D eigenvalue weighted by atomic mass is 9.67. The molecule has 0 saturated heterocycles. The third kappa shape index (κ3) is 7.11. The van der Waals surface area contributed by atoms with Crippen molar-refractivity contribution in [1.29, 1.82) is 0 Å². The number of rotatable bonds is 11. The van der Waals surface area contributed by atoms with Crippen LogP contribution in [-0.4, -0.2) is 0 Å². The Labute approximate surface area is 422 Å². The van der Waals surface area contributed by atoms with Crippen LogP contribution < -0.4 is 4.90 Å². The summed E-state index contributed by atoms with van der Waals surface area (Å²) in [6, 6.07) is 66.7. The number of benzene rings is 11. The van der Waals surface area contributed by atoms with Crippen molar-refractivity contribution >= 4 is 49.8 Å². The van der Waals surface area contributed by atoms with Crippen molar-refractivity contribution in [2.24, 2.45) is 0 Å². The second kappa shape index (κ2) is 17.9. The number of anilines is 3. The van der Waals surface area contributed by atoms with E-state index in [9.17, 15) is 11.0 Å². The van der Waals surface area contributed by atoms with Crippen LogP contribution in [0.25, 0.3) is 66.1 Å². The van der Waals surface area contributed by atoms with Crippen LogP contribution in [0.5, 0.6) is 0 Å². The number of nitrogens with zero attached hydrogens (tertiary/aromatic N) is 1. The van der Waals surface area contributed by atoms with Gasteiger partial charge in [-0.1, -0.05) is 244 Å². The van der Waals surface area contributed by atoms with Gasteiger partial charge < -0.3 is 4.90 Å². The molecule has 0 atom stereocenters. The molecule has 11 aromatic rings. The van der Waals surface area contributed by atoms with Crippen molar-refractivity contribution < 1.29 is 11.0 Å². The van der Waals surface area contributed by atoms with Crippen molar-refractivity contribution in [3.8, 4) is 33.4 Å². The zero-order valence-electron chi connectivity index (χ0n) is 46.2. The molecule has 11 aromatic carbocycles. The third-order valence-corrected chi connectivity index (χ3v) is 13.6. The monoisotopic (exact) mass is 899 g/mol. The van der Waals surface area contributed by atoms with E-state index < -0.39 is 41.7 Å². The SMILES string of the molecule is [2H]c1c([2H])c(-c2cc3ccccc3c3ccccc23)c([2H])c([2H])c1-c1c([2H])c([2H])c(N(c2cccc(/C(C=C)=C(/C=C)c3ccccc3)c2)c2ccc3c(c2)C(c2ccccc2)(c2ccccc2)c2ccccc2-3)c([2H])c1[2H]. The fourth-order valence-corrected chi connectivity index (χ4v) is 10.6. The summed E-state index contributed by atoms with van der Waals surface area (Å²) in [5.74, 6) is 0. The summed E-state index contributed by atoms with van der Waals surface area (Å²) in [6.07, 6.45) is 3.58. The molecule has 0 N–H and O–H groups in total. The van der Waals surface area contributed by atoms with Crippen LogP contribution in [0.3, 0.4) is 0 Å². The highest BCUT2D eigenvalue weighted by Gasteiger charge is 2.46. The van der Waals surface area contributed by atoms with Crippen LogP contribution in [-0.2, 0) is 5.41 Å². The summed E-state index contributed by atoms with van der Waals surface area (Å²) < 4.78 is 78.0. The van der Waals surface area contributed by atoms with Gasteiger partial charge in [-0.3, -0.25) is 0 Å². The maximum Gasteiger partial charge on any atom is 0.0714 e. The summed E-state index contributed by atoms with van der Waals surface area (Å²) in [5.41, 5.74) is 9.65. The van der Waals surface area contributed by atoms with Crippen LogP contribution in [0.1, 0.15) is 44.3 Å². The van der Waals surface area contributed by atoms with E-state index in [1.165, 1.54) is 0 Å². The lowest BCUT2D eigenvalue weighted by Gasteiger charge is -2.35. The van der Waals surface area contributed by atoms with Gasteiger partial charge in [-0.25, -0.2) is 0 Å². The highest BCUT2D eigenvalue weighted by molar-refractivity contribution is 6.13. The molecule has 1 aliphatic carbocycles. The summed E-state index contributed by atoms with van der Waals surface area (Å²) in [6.45, 7) is 8.42. The first-order valence-electron chi connectivity index (χ1n) is 27.4. The van der Waals surface area contributed by atoms with Gasteiger partial charge in [0.05, 0.1) is 16.4 Å². The van der Waals surface area contributed by atoms with Gasteiger partial charge in [-0.15, -0.1) is 0 Å². The highest BCUT2D eigenvalue weighted by atomic mass is 15.1. The number of hydrogen-bond donors (Lipinski definition) is 0. The van der Waals surface area contributed by atoms with Crippen LogP contribution in [0.15, 0.2) is 286 Å². The smallest absolute Gasteiger partial charge is 0.0714 e. The van der Waals surface area contributed by atoms with Crippen molar-refractivity contribution in [3.05, 3.63) is 319 Å². The molecule has 330 valence electrons. The summed E-state index contributed by atoms with van der Waals surface area (Å²) in [5, 5.41) is 3.49.